The standard InChI is InChI=1S/C16H20N4O3S/c1-16(2)11-12(6-10-24(16,22)23)19-15(21)13-5-3-7-17-14(13)20-9-4-8-18-20/h3-5,7-9,12H,6,10-11H2,1-2H3,(H,19,21). The second-order valence-electron chi connectivity index (χ2n) is 6.57. The molecule has 1 aliphatic heterocycles. The van der Waals surface area contributed by atoms with E-state index in [1.54, 1.807) is 50.6 Å². The van der Waals surface area contributed by atoms with Gasteiger partial charge in [-0.15, -0.1) is 0 Å². The maximum absolute atomic E-state index is 12.7. The van der Waals surface area contributed by atoms with Gasteiger partial charge in [0.15, 0.2) is 15.7 Å². The molecular formula is C16H20N4O3S. The monoisotopic (exact) mass is 348 g/mol. The summed E-state index contributed by atoms with van der Waals surface area (Å²) >= 11 is 0. The molecule has 1 saturated heterocycles. The zero-order chi connectivity index (χ0) is 17.4. The Hall–Kier alpha value is -2.22. The SMILES string of the molecule is CC1(C)CC(NC(=O)c2cccnc2-n2cccn2)CCS1(=O)=O. The second kappa shape index (κ2) is 6.01. The van der Waals surface area contributed by atoms with Crippen molar-refractivity contribution in [1.82, 2.24) is 20.1 Å². The first-order valence-electron chi connectivity index (χ1n) is 7.78. The molecule has 1 atom stereocenters. The minimum Gasteiger partial charge on any atom is -0.349 e. The lowest BCUT2D eigenvalue weighted by molar-refractivity contribution is 0.0930. The normalized spacial score (nSPS) is 22.0. The fraction of sp³-hybridized carbons (Fsp3) is 0.438. The molecule has 1 N–H and O–H groups in total. The molecule has 0 radical (unpaired) electrons. The first-order valence-corrected chi connectivity index (χ1v) is 9.44. The van der Waals surface area contributed by atoms with E-state index in [1.165, 1.54) is 4.68 Å². The summed E-state index contributed by atoms with van der Waals surface area (Å²) < 4.78 is 24.9. The fourth-order valence-electron chi connectivity index (χ4n) is 2.93. The first-order chi connectivity index (χ1) is 11.3. The Morgan fingerprint density at radius 3 is 2.79 bits per heavy atom. The van der Waals surface area contributed by atoms with Crippen LogP contribution in [0.15, 0.2) is 36.8 Å². The molecule has 1 fully saturated rings. The van der Waals surface area contributed by atoms with E-state index in [9.17, 15) is 13.2 Å². The lowest BCUT2D eigenvalue weighted by atomic mass is 9.99. The number of carbonyl (C=O) groups is 1. The van der Waals surface area contributed by atoms with Gasteiger partial charge in [0, 0.05) is 24.6 Å². The lowest BCUT2D eigenvalue weighted by Crippen LogP contribution is -2.49. The zero-order valence-electron chi connectivity index (χ0n) is 13.6. The summed E-state index contributed by atoms with van der Waals surface area (Å²) in [6, 6.07) is 4.95. The first kappa shape index (κ1) is 16.6. The molecule has 0 spiro atoms. The van der Waals surface area contributed by atoms with E-state index in [4.69, 9.17) is 0 Å². The van der Waals surface area contributed by atoms with Crippen LogP contribution in [-0.4, -0.2) is 45.6 Å². The summed E-state index contributed by atoms with van der Waals surface area (Å²) in [5, 5.41) is 7.06. The Morgan fingerprint density at radius 1 is 1.33 bits per heavy atom. The number of aromatic nitrogens is 3. The van der Waals surface area contributed by atoms with Gasteiger partial charge in [-0.2, -0.15) is 5.10 Å². The van der Waals surface area contributed by atoms with E-state index < -0.39 is 14.6 Å². The van der Waals surface area contributed by atoms with Crippen LogP contribution >= 0.6 is 0 Å². The van der Waals surface area contributed by atoms with Gasteiger partial charge in [0.2, 0.25) is 0 Å². The second-order valence-corrected chi connectivity index (χ2v) is 9.31. The number of amides is 1. The molecule has 1 amide bonds. The third kappa shape index (κ3) is 3.06. The quantitative estimate of drug-likeness (QED) is 0.904. The molecule has 0 saturated carbocycles. The highest BCUT2D eigenvalue weighted by Crippen LogP contribution is 2.30. The van der Waals surface area contributed by atoms with Gasteiger partial charge in [0.1, 0.15) is 0 Å². The molecule has 1 aliphatic rings. The van der Waals surface area contributed by atoms with Crippen LogP contribution in [0.4, 0.5) is 0 Å². The summed E-state index contributed by atoms with van der Waals surface area (Å²) in [4.78, 5) is 16.9. The van der Waals surface area contributed by atoms with Gasteiger partial charge in [-0.25, -0.2) is 18.1 Å². The average Bonchev–Trinajstić information content (AvgIpc) is 3.05. The minimum absolute atomic E-state index is 0.0873. The predicted molar refractivity (Wildman–Crippen MR) is 89.7 cm³/mol. The van der Waals surface area contributed by atoms with Crippen molar-refractivity contribution < 1.29 is 13.2 Å². The molecule has 8 heteroatoms. The molecule has 2 aromatic heterocycles. The summed E-state index contributed by atoms with van der Waals surface area (Å²) in [5.41, 5.74) is 0.410. The van der Waals surface area contributed by atoms with Crippen LogP contribution < -0.4 is 5.32 Å². The molecule has 0 aliphatic carbocycles. The Morgan fingerprint density at radius 2 is 2.12 bits per heavy atom. The molecule has 7 nitrogen and oxygen atoms in total. The topological polar surface area (TPSA) is 93.9 Å². The van der Waals surface area contributed by atoms with Gasteiger partial charge in [-0.05, 0) is 44.9 Å². The van der Waals surface area contributed by atoms with Gasteiger partial charge in [0.05, 0.1) is 16.1 Å². The zero-order valence-corrected chi connectivity index (χ0v) is 14.5. The molecule has 3 heterocycles. The Labute approximate surface area is 141 Å². The van der Waals surface area contributed by atoms with E-state index in [0.29, 0.717) is 24.2 Å². The lowest BCUT2D eigenvalue weighted by Gasteiger charge is -2.35. The van der Waals surface area contributed by atoms with Gasteiger partial charge < -0.3 is 5.32 Å². The molecule has 24 heavy (non-hydrogen) atoms. The molecule has 3 rings (SSSR count). The third-order valence-corrected chi connectivity index (χ3v) is 7.03. The highest BCUT2D eigenvalue weighted by molar-refractivity contribution is 7.92. The van der Waals surface area contributed by atoms with Crippen molar-refractivity contribution in [3.05, 3.63) is 42.4 Å². The molecule has 1 unspecified atom stereocenters. The summed E-state index contributed by atoms with van der Waals surface area (Å²) in [5.74, 6) is 0.265. The van der Waals surface area contributed by atoms with E-state index in [2.05, 4.69) is 15.4 Å². The van der Waals surface area contributed by atoms with Gasteiger partial charge in [-0.1, -0.05) is 0 Å². The van der Waals surface area contributed by atoms with Crippen LogP contribution in [0.5, 0.6) is 0 Å². The number of hydrogen-bond donors (Lipinski definition) is 1. The maximum atomic E-state index is 12.7. The molecule has 2 aromatic rings. The number of nitrogens with one attached hydrogen (secondary N) is 1. The Kier molecular flexibility index (Phi) is 4.16. The molecule has 0 aromatic carbocycles. The summed E-state index contributed by atoms with van der Waals surface area (Å²) in [6.07, 6.45) is 5.76. The molecule has 0 bridgehead atoms. The third-order valence-electron chi connectivity index (χ3n) is 4.40. The van der Waals surface area contributed by atoms with Gasteiger partial charge in [-0.3, -0.25) is 4.79 Å². The number of sulfone groups is 1. The van der Waals surface area contributed by atoms with Crippen molar-refractivity contribution in [1.29, 1.82) is 0 Å². The highest BCUT2D eigenvalue weighted by Gasteiger charge is 2.41. The van der Waals surface area contributed by atoms with Crippen molar-refractivity contribution in [2.24, 2.45) is 0 Å². The molecular weight excluding hydrogens is 328 g/mol. The van der Waals surface area contributed by atoms with Gasteiger partial charge >= 0.3 is 0 Å². The van der Waals surface area contributed by atoms with Crippen molar-refractivity contribution in [3.8, 4) is 5.82 Å². The van der Waals surface area contributed by atoms with Crippen LogP contribution in [0.1, 0.15) is 37.0 Å². The number of pyridine rings is 1. The number of carbonyl (C=O) groups excluding carboxylic acids is 1. The Balaban J connectivity index is 1.80. The van der Waals surface area contributed by atoms with Crippen LogP contribution in [0.2, 0.25) is 0 Å². The van der Waals surface area contributed by atoms with Gasteiger partial charge in [0.25, 0.3) is 5.91 Å². The van der Waals surface area contributed by atoms with Crippen LogP contribution in [0, 0.1) is 0 Å². The fourth-order valence-corrected chi connectivity index (χ4v) is 4.54. The van der Waals surface area contributed by atoms with E-state index in [0.717, 1.165) is 0 Å². The highest BCUT2D eigenvalue weighted by atomic mass is 32.2. The summed E-state index contributed by atoms with van der Waals surface area (Å²) in [7, 11) is -3.12. The van der Waals surface area contributed by atoms with E-state index in [-0.39, 0.29) is 17.7 Å². The number of hydrogen-bond acceptors (Lipinski definition) is 5. The van der Waals surface area contributed by atoms with Crippen LogP contribution in [0.3, 0.4) is 0 Å². The van der Waals surface area contributed by atoms with E-state index >= 15 is 0 Å². The van der Waals surface area contributed by atoms with Crippen molar-refractivity contribution in [2.45, 2.75) is 37.5 Å². The largest absolute Gasteiger partial charge is 0.349 e. The van der Waals surface area contributed by atoms with Crippen molar-refractivity contribution >= 4 is 15.7 Å². The molecule has 128 valence electrons. The number of rotatable bonds is 3. The average molecular weight is 348 g/mol. The smallest absolute Gasteiger partial charge is 0.255 e. The maximum Gasteiger partial charge on any atom is 0.255 e. The summed E-state index contributed by atoms with van der Waals surface area (Å²) in [6.45, 7) is 3.42. The Bertz CT molecular complexity index is 844. The minimum atomic E-state index is -3.12. The van der Waals surface area contributed by atoms with Crippen molar-refractivity contribution in [2.75, 3.05) is 5.75 Å². The predicted octanol–water partition coefficient (Wildman–Crippen LogP) is 1.35. The van der Waals surface area contributed by atoms with Crippen LogP contribution in [0.25, 0.3) is 5.82 Å². The van der Waals surface area contributed by atoms with Crippen LogP contribution in [-0.2, 0) is 9.84 Å². The van der Waals surface area contributed by atoms with Crippen molar-refractivity contribution in [3.63, 3.8) is 0 Å². The number of nitrogens with zero attached hydrogens (tertiary/aromatic N) is 3. The van der Waals surface area contributed by atoms with E-state index in [1.807, 2.05) is 0 Å².